The van der Waals surface area contributed by atoms with Gasteiger partial charge in [0.05, 0.1) is 13.2 Å². The molecule has 0 aliphatic carbocycles. The molecule has 3 heterocycles. The molecule has 0 bridgehead atoms. The van der Waals surface area contributed by atoms with Crippen molar-refractivity contribution in [2.75, 3.05) is 33.4 Å². The topological polar surface area (TPSA) is 102 Å². The van der Waals surface area contributed by atoms with Gasteiger partial charge in [-0.05, 0) is 30.2 Å². The number of hydrogen-bond donors (Lipinski definition) is 1. The zero-order chi connectivity index (χ0) is 28.4. The van der Waals surface area contributed by atoms with Gasteiger partial charge in [0.15, 0.2) is 19.1 Å². The summed E-state index contributed by atoms with van der Waals surface area (Å²) in [7, 11) is 1.82. The predicted octanol–water partition coefficient (Wildman–Crippen LogP) is 2.17. The van der Waals surface area contributed by atoms with E-state index in [1.54, 1.807) is 11.0 Å². The Morgan fingerprint density at radius 1 is 1.05 bits per heavy atom. The number of amides is 1. The number of carbonyl (C=O) groups is 1. The van der Waals surface area contributed by atoms with Crippen LogP contribution in [0.1, 0.15) is 16.7 Å². The number of nitrogens with one attached hydrogen (secondary N) is 1. The van der Waals surface area contributed by atoms with Crippen LogP contribution in [0.5, 0.6) is 5.75 Å². The van der Waals surface area contributed by atoms with Gasteiger partial charge >= 0.3 is 6.36 Å². The van der Waals surface area contributed by atoms with Crippen LogP contribution in [0.25, 0.3) is 0 Å². The molecular formula is C27H32F3N4O6+. The summed E-state index contributed by atoms with van der Waals surface area (Å²) in [6.07, 6.45) is -6.37. The molecule has 1 amide bonds. The first-order chi connectivity index (χ1) is 19.1. The second-order valence-corrected chi connectivity index (χ2v) is 9.70. The normalized spacial score (nSPS) is 22.2. The number of rotatable bonds is 11. The Balaban J connectivity index is 1.38. The van der Waals surface area contributed by atoms with E-state index in [4.69, 9.17) is 19.3 Å². The Bertz CT molecular complexity index is 1240. The highest BCUT2D eigenvalue weighted by molar-refractivity contribution is 5.94. The van der Waals surface area contributed by atoms with Crippen molar-refractivity contribution in [2.45, 2.75) is 45.2 Å². The fraction of sp³-hybridized carbons (Fsp3) is 0.444. The van der Waals surface area contributed by atoms with Crippen LogP contribution >= 0.6 is 0 Å². The van der Waals surface area contributed by atoms with E-state index in [0.717, 1.165) is 11.1 Å². The van der Waals surface area contributed by atoms with Gasteiger partial charge in [0.1, 0.15) is 23.9 Å². The quantitative estimate of drug-likeness (QED) is 0.251. The SMILES string of the molecule is Cc1ccc(CN2C3=C(NC2OCc2cccc(OC(F)(F)F)c2)N(C)C2OC2N(CCOCC[OH2+])C3=O)cc1. The zero-order valence-corrected chi connectivity index (χ0v) is 22.1. The first-order valence-corrected chi connectivity index (χ1v) is 12.9. The number of aryl methyl sites for hydroxylation is 1. The maximum Gasteiger partial charge on any atom is 0.573 e. The Morgan fingerprint density at radius 3 is 2.55 bits per heavy atom. The summed E-state index contributed by atoms with van der Waals surface area (Å²) in [6.45, 7) is 3.26. The highest BCUT2D eigenvalue weighted by atomic mass is 19.4. The zero-order valence-electron chi connectivity index (χ0n) is 22.1. The molecule has 216 valence electrons. The molecule has 1 fully saturated rings. The van der Waals surface area contributed by atoms with Crippen molar-refractivity contribution in [1.29, 1.82) is 0 Å². The molecule has 1 saturated heterocycles. The van der Waals surface area contributed by atoms with Crippen molar-refractivity contribution in [3.63, 3.8) is 0 Å². The Hall–Kier alpha value is -3.52. The van der Waals surface area contributed by atoms with Crippen LogP contribution in [0.2, 0.25) is 0 Å². The minimum absolute atomic E-state index is 0.0389. The average Bonchev–Trinajstić information content (AvgIpc) is 3.62. The summed E-state index contributed by atoms with van der Waals surface area (Å²) in [5.74, 6) is -0.0561. The number of carbonyl (C=O) groups excluding carboxylic acids is 1. The van der Waals surface area contributed by atoms with Crippen molar-refractivity contribution >= 4 is 5.91 Å². The Morgan fingerprint density at radius 2 is 1.82 bits per heavy atom. The average molecular weight is 566 g/mol. The van der Waals surface area contributed by atoms with Crippen molar-refractivity contribution in [3.05, 3.63) is 76.7 Å². The van der Waals surface area contributed by atoms with Crippen LogP contribution in [0.15, 0.2) is 60.0 Å². The number of hydrogen-bond acceptors (Lipinski definition) is 8. The van der Waals surface area contributed by atoms with E-state index < -0.39 is 18.9 Å². The standard InChI is InChI=1S/C27H31F3N4O6/c1-17-6-8-18(9-7-17)15-34-21-22(32(2)24-25(39-24)33(23(21)36)10-12-37-13-11-35)31-26(34)38-16-19-4-3-5-20(14-19)40-27(28,29)30/h3-9,14,24-26,31,35H,10-13,15-16H2,1-2H3/p+1. The van der Waals surface area contributed by atoms with E-state index in [0.29, 0.717) is 30.2 Å². The molecule has 2 aromatic rings. The molecule has 3 atom stereocenters. The van der Waals surface area contributed by atoms with E-state index in [2.05, 4.69) is 10.1 Å². The predicted molar refractivity (Wildman–Crippen MR) is 136 cm³/mol. The number of fused-ring (bicyclic) bond motifs is 1. The van der Waals surface area contributed by atoms with Crippen molar-refractivity contribution in [3.8, 4) is 5.75 Å². The van der Waals surface area contributed by atoms with Crippen LogP contribution in [0.4, 0.5) is 13.2 Å². The summed E-state index contributed by atoms with van der Waals surface area (Å²) < 4.78 is 59.6. The molecule has 3 unspecified atom stereocenters. The lowest BCUT2D eigenvalue weighted by Crippen LogP contribution is -2.46. The number of epoxide rings is 1. The van der Waals surface area contributed by atoms with Gasteiger partial charge in [0, 0.05) is 20.1 Å². The summed E-state index contributed by atoms with van der Waals surface area (Å²) in [6, 6.07) is 13.5. The highest BCUT2D eigenvalue weighted by Gasteiger charge is 2.56. The van der Waals surface area contributed by atoms with Gasteiger partial charge in [0.25, 0.3) is 5.91 Å². The summed E-state index contributed by atoms with van der Waals surface area (Å²) in [5, 5.41) is 10.5. The largest absolute Gasteiger partial charge is 0.573 e. The smallest absolute Gasteiger partial charge is 0.444 e. The lowest BCUT2D eigenvalue weighted by molar-refractivity contribution is -0.274. The molecule has 3 N–H and O–H groups in total. The number of halogens is 3. The van der Waals surface area contributed by atoms with Gasteiger partial charge in [-0.25, -0.2) is 0 Å². The Labute approximate surface area is 229 Å². The van der Waals surface area contributed by atoms with Crippen LogP contribution in [0.3, 0.4) is 0 Å². The number of nitrogens with zero attached hydrogens (tertiary/aromatic N) is 3. The van der Waals surface area contributed by atoms with E-state index in [1.807, 2.05) is 48.0 Å². The lowest BCUT2D eigenvalue weighted by Gasteiger charge is -2.30. The van der Waals surface area contributed by atoms with Crippen LogP contribution in [-0.4, -0.2) is 84.3 Å². The molecule has 0 spiro atoms. The van der Waals surface area contributed by atoms with Gasteiger partial charge < -0.3 is 44.1 Å². The van der Waals surface area contributed by atoms with Gasteiger partial charge in [-0.3, -0.25) is 4.79 Å². The van der Waals surface area contributed by atoms with E-state index in [1.165, 1.54) is 18.2 Å². The molecule has 0 saturated carbocycles. The number of alkyl halides is 3. The molecule has 40 heavy (non-hydrogen) atoms. The monoisotopic (exact) mass is 565 g/mol. The number of likely N-dealkylation sites (N-methyl/N-ethyl adjacent to an activating group) is 1. The second kappa shape index (κ2) is 11.5. The third-order valence-corrected chi connectivity index (χ3v) is 6.74. The lowest BCUT2D eigenvalue weighted by atomic mass is 10.1. The van der Waals surface area contributed by atoms with Gasteiger partial charge in [0.2, 0.25) is 6.35 Å². The summed E-state index contributed by atoms with van der Waals surface area (Å²) >= 11 is 0. The highest BCUT2D eigenvalue weighted by Crippen LogP contribution is 2.39. The number of benzene rings is 2. The third kappa shape index (κ3) is 6.28. The molecule has 10 nitrogen and oxygen atoms in total. The van der Waals surface area contributed by atoms with Gasteiger partial charge in [-0.1, -0.05) is 42.0 Å². The molecule has 3 aliphatic rings. The first kappa shape index (κ1) is 28.0. The molecule has 2 aromatic carbocycles. The molecule has 3 aliphatic heterocycles. The fourth-order valence-corrected chi connectivity index (χ4v) is 4.75. The van der Waals surface area contributed by atoms with Gasteiger partial charge in [-0.2, -0.15) is 0 Å². The van der Waals surface area contributed by atoms with Crippen LogP contribution in [0, 0.1) is 6.92 Å². The molecule has 0 aromatic heterocycles. The Kier molecular flexibility index (Phi) is 8.08. The maximum absolute atomic E-state index is 13.9. The maximum atomic E-state index is 13.9. The summed E-state index contributed by atoms with van der Waals surface area (Å²) in [5.41, 5.74) is 2.91. The molecule has 5 rings (SSSR count). The van der Waals surface area contributed by atoms with Crippen molar-refractivity contribution in [2.24, 2.45) is 0 Å². The first-order valence-electron chi connectivity index (χ1n) is 12.9. The van der Waals surface area contributed by atoms with E-state index in [9.17, 15) is 18.0 Å². The van der Waals surface area contributed by atoms with E-state index >= 15 is 0 Å². The van der Waals surface area contributed by atoms with Crippen molar-refractivity contribution < 1.29 is 42.0 Å². The second-order valence-electron chi connectivity index (χ2n) is 9.70. The van der Waals surface area contributed by atoms with Crippen LogP contribution in [-0.2, 0) is 32.2 Å². The third-order valence-electron chi connectivity index (χ3n) is 6.74. The number of ether oxygens (including phenoxy) is 4. The fourth-order valence-electron chi connectivity index (χ4n) is 4.75. The molecular weight excluding hydrogens is 533 g/mol. The van der Waals surface area contributed by atoms with Gasteiger partial charge in [-0.15, -0.1) is 13.2 Å². The minimum atomic E-state index is -4.80. The molecule has 0 radical (unpaired) electrons. The van der Waals surface area contributed by atoms with Crippen LogP contribution < -0.4 is 10.1 Å². The summed E-state index contributed by atoms with van der Waals surface area (Å²) in [4.78, 5) is 19.2. The van der Waals surface area contributed by atoms with E-state index in [-0.39, 0.29) is 44.3 Å². The van der Waals surface area contributed by atoms with Crippen molar-refractivity contribution in [1.82, 2.24) is 20.0 Å². The minimum Gasteiger partial charge on any atom is -0.444 e. The molecule has 13 heteroatoms.